The van der Waals surface area contributed by atoms with Crippen molar-refractivity contribution in [2.45, 2.75) is 38.0 Å². The molecule has 92 valence electrons. The molecule has 0 aromatic heterocycles. The Bertz CT molecular complexity index is 372. The number of piperidine rings is 1. The summed E-state index contributed by atoms with van der Waals surface area (Å²) in [4.78, 5) is 0. The highest BCUT2D eigenvalue weighted by Gasteiger charge is 2.33. The Kier molecular flexibility index (Phi) is 4.30. The van der Waals surface area contributed by atoms with Crippen LogP contribution in [0.3, 0.4) is 0 Å². The van der Waals surface area contributed by atoms with Gasteiger partial charge < -0.3 is 5.73 Å². The number of hydrogen-bond donors (Lipinski definition) is 1. The van der Waals surface area contributed by atoms with Crippen LogP contribution in [0.15, 0.2) is 0 Å². The zero-order chi connectivity index (χ0) is 12.3. The fraction of sp³-hybridized carbons (Fsp3) is 0.900. The molecule has 1 rings (SSSR count). The van der Waals surface area contributed by atoms with Gasteiger partial charge in [0.2, 0.25) is 10.0 Å². The standard InChI is InChI=1S/C10H19N3O2S/c1-8(6-11)16(14,15)13-5-3-4-10(7-13)9(2)12/h8-10H,3-5,7,12H2,1-2H3. The van der Waals surface area contributed by atoms with Crippen LogP contribution in [0, 0.1) is 17.2 Å². The number of nitrogens with two attached hydrogens (primary N) is 1. The molecule has 1 saturated heterocycles. The molecule has 1 fully saturated rings. The number of sulfonamides is 1. The van der Waals surface area contributed by atoms with Crippen molar-refractivity contribution >= 4 is 10.0 Å². The Morgan fingerprint density at radius 1 is 1.50 bits per heavy atom. The SMILES string of the molecule is CC(N)C1CCCN(S(=O)(=O)C(C)C#N)C1. The van der Waals surface area contributed by atoms with Crippen LogP contribution in [-0.2, 0) is 10.0 Å². The third kappa shape index (κ3) is 2.73. The molecular weight excluding hydrogens is 226 g/mol. The topological polar surface area (TPSA) is 87.2 Å². The number of nitriles is 1. The van der Waals surface area contributed by atoms with E-state index in [4.69, 9.17) is 11.0 Å². The molecule has 3 atom stereocenters. The van der Waals surface area contributed by atoms with Crippen LogP contribution in [0.2, 0.25) is 0 Å². The van der Waals surface area contributed by atoms with Gasteiger partial charge in [-0.25, -0.2) is 12.7 Å². The summed E-state index contributed by atoms with van der Waals surface area (Å²) >= 11 is 0. The van der Waals surface area contributed by atoms with Crippen molar-refractivity contribution in [3.05, 3.63) is 0 Å². The Balaban J connectivity index is 2.79. The van der Waals surface area contributed by atoms with Crippen molar-refractivity contribution in [3.8, 4) is 6.07 Å². The molecule has 0 spiro atoms. The largest absolute Gasteiger partial charge is 0.328 e. The number of rotatable bonds is 3. The first-order valence-corrected chi connectivity index (χ1v) is 7.04. The Labute approximate surface area is 97.3 Å². The van der Waals surface area contributed by atoms with Gasteiger partial charge in [0.1, 0.15) is 0 Å². The van der Waals surface area contributed by atoms with Crippen molar-refractivity contribution in [2.24, 2.45) is 11.7 Å². The molecule has 5 nitrogen and oxygen atoms in total. The average molecular weight is 245 g/mol. The zero-order valence-electron chi connectivity index (χ0n) is 9.76. The minimum absolute atomic E-state index is 0.00427. The molecule has 0 bridgehead atoms. The first-order valence-electron chi connectivity index (χ1n) is 5.53. The first-order chi connectivity index (χ1) is 7.39. The Morgan fingerprint density at radius 3 is 2.62 bits per heavy atom. The van der Waals surface area contributed by atoms with Crippen LogP contribution in [0.25, 0.3) is 0 Å². The van der Waals surface area contributed by atoms with E-state index in [-0.39, 0.29) is 12.0 Å². The predicted molar refractivity (Wildman–Crippen MR) is 61.9 cm³/mol. The van der Waals surface area contributed by atoms with Crippen LogP contribution in [-0.4, -0.2) is 37.1 Å². The van der Waals surface area contributed by atoms with E-state index >= 15 is 0 Å². The van der Waals surface area contributed by atoms with Gasteiger partial charge in [0.15, 0.2) is 5.25 Å². The van der Waals surface area contributed by atoms with Gasteiger partial charge in [-0.15, -0.1) is 0 Å². The molecular formula is C10H19N3O2S. The second-order valence-electron chi connectivity index (χ2n) is 4.44. The van der Waals surface area contributed by atoms with Gasteiger partial charge in [0, 0.05) is 19.1 Å². The van der Waals surface area contributed by atoms with Gasteiger partial charge in [-0.3, -0.25) is 0 Å². The third-order valence-corrected chi connectivity index (χ3v) is 5.20. The second-order valence-corrected chi connectivity index (χ2v) is 6.69. The van der Waals surface area contributed by atoms with E-state index in [1.807, 2.05) is 6.92 Å². The number of hydrogen-bond acceptors (Lipinski definition) is 4. The van der Waals surface area contributed by atoms with Crippen LogP contribution in [0.1, 0.15) is 26.7 Å². The van der Waals surface area contributed by atoms with E-state index in [0.29, 0.717) is 13.1 Å². The van der Waals surface area contributed by atoms with Gasteiger partial charge >= 0.3 is 0 Å². The molecule has 0 amide bonds. The highest BCUT2D eigenvalue weighted by atomic mass is 32.2. The summed E-state index contributed by atoms with van der Waals surface area (Å²) in [5.74, 6) is 0.203. The molecule has 0 aromatic carbocycles. The maximum Gasteiger partial charge on any atom is 0.230 e. The highest BCUT2D eigenvalue weighted by Crippen LogP contribution is 2.22. The maximum absolute atomic E-state index is 11.9. The smallest absolute Gasteiger partial charge is 0.230 e. The first kappa shape index (κ1) is 13.4. The van der Waals surface area contributed by atoms with E-state index in [0.717, 1.165) is 12.8 Å². The molecule has 0 radical (unpaired) electrons. The summed E-state index contributed by atoms with van der Waals surface area (Å²) in [5.41, 5.74) is 5.79. The predicted octanol–water partition coefficient (Wildman–Crippen LogP) is 0.287. The summed E-state index contributed by atoms with van der Waals surface area (Å²) in [6, 6.07) is 1.78. The van der Waals surface area contributed by atoms with Crippen molar-refractivity contribution in [2.75, 3.05) is 13.1 Å². The highest BCUT2D eigenvalue weighted by molar-refractivity contribution is 7.89. The molecule has 16 heavy (non-hydrogen) atoms. The van der Waals surface area contributed by atoms with E-state index < -0.39 is 15.3 Å². The second kappa shape index (κ2) is 5.13. The Hall–Kier alpha value is -0.640. The maximum atomic E-state index is 11.9. The van der Waals surface area contributed by atoms with Gasteiger partial charge in [-0.2, -0.15) is 5.26 Å². The molecule has 1 heterocycles. The lowest BCUT2D eigenvalue weighted by molar-refractivity contribution is 0.242. The minimum atomic E-state index is -3.46. The summed E-state index contributed by atoms with van der Waals surface area (Å²) in [7, 11) is -3.46. The summed E-state index contributed by atoms with van der Waals surface area (Å²) in [6.07, 6.45) is 1.79. The van der Waals surface area contributed by atoms with Crippen LogP contribution in [0.4, 0.5) is 0 Å². The van der Waals surface area contributed by atoms with Crippen molar-refractivity contribution in [3.63, 3.8) is 0 Å². The normalized spacial score (nSPS) is 27.0. The summed E-state index contributed by atoms with van der Waals surface area (Å²) < 4.78 is 25.3. The molecule has 0 saturated carbocycles. The quantitative estimate of drug-likeness (QED) is 0.774. The lowest BCUT2D eigenvalue weighted by atomic mass is 9.93. The van der Waals surface area contributed by atoms with E-state index in [9.17, 15) is 8.42 Å². The van der Waals surface area contributed by atoms with Crippen LogP contribution < -0.4 is 5.73 Å². The molecule has 2 N–H and O–H groups in total. The van der Waals surface area contributed by atoms with E-state index in [2.05, 4.69) is 0 Å². The molecule has 0 aliphatic carbocycles. The van der Waals surface area contributed by atoms with Crippen molar-refractivity contribution < 1.29 is 8.42 Å². The fourth-order valence-corrected chi connectivity index (χ4v) is 3.29. The third-order valence-electron chi connectivity index (χ3n) is 3.15. The molecule has 6 heteroatoms. The number of nitrogens with zero attached hydrogens (tertiary/aromatic N) is 2. The van der Waals surface area contributed by atoms with E-state index in [1.165, 1.54) is 11.2 Å². The van der Waals surface area contributed by atoms with Crippen LogP contribution >= 0.6 is 0 Å². The summed E-state index contributed by atoms with van der Waals surface area (Å²) in [6.45, 7) is 4.28. The van der Waals surface area contributed by atoms with Gasteiger partial charge in [0.05, 0.1) is 6.07 Å². The molecule has 1 aliphatic rings. The Morgan fingerprint density at radius 2 is 2.12 bits per heavy atom. The fourth-order valence-electron chi connectivity index (χ4n) is 1.92. The molecule has 3 unspecified atom stereocenters. The van der Waals surface area contributed by atoms with Crippen molar-refractivity contribution in [1.29, 1.82) is 5.26 Å². The monoisotopic (exact) mass is 245 g/mol. The lowest BCUT2D eigenvalue weighted by Gasteiger charge is -2.34. The molecule has 1 aliphatic heterocycles. The molecule has 0 aromatic rings. The van der Waals surface area contributed by atoms with Gasteiger partial charge in [0.25, 0.3) is 0 Å². The van der Waals surface area contributed by atoms with Crippen LogP contribution in [0.5, 0.6) is 0 Å². The van der Waals surface area contributed by atoms with E-state index in [1.54, 1.807) is 6.07 Å². The zero-order valence-corrected chi connectivity index (χ0v) is 10.6. The van der Waals surface area contributed by atoms with Gasteiger partial charge in [-0.1, -0.05) is 0 Å². The lowest BCUT2D eigenvalue weighted by Crippen LogP contribution is -2.47. The summed E-state index contributed by atoms with van der Waals surface area (Å²) in [5, 5.41) is 7.72. The minimum Gasteiger partial charge on any atom is -0.328 e. The average Bonchev–Trinajstić information content (AvgIpc) is 2.28. The van der Waals surface area contributed by atoms with Crippen molar-refractivity contribution in [1.82, 2.24) is 4.31 Å². The van der Waals surface area contributed by atoms with Gasteiger partial charge in [-0.05, 0) is 32.6 Å².